The van der Waals surface area contributed by atoms with Crippen molar-refractivity contribution < 1.29 is 37.5 Å². The van der Waals surface area contributed by atoms with Crippen molar-refractivity contribution in [2.24, 2.45) is 27.9 Å². The number of carboxylic acid groups (broad SMARTS) is 1. The first kappa shape index (κ1) is 39.2. The molecule has 0 bridgehead atoms. The number of aliphatic carboxylic acids is 1. The average Bonchev–Trinajstić information content (AvgIpc) is 3.05. The van der Waals surface area contributed by atoms with Crippen LogP contribution in [-0.2, 0) is 32.0 Å². The molecule has 3 aromatic rings. The van der Waals surface area contributed by atoms with E-state index in [0.717, 1.165) is 16.7 Å². The molecule has 3 rings (SSSR count). The summed E-state index contributed by atoms with van der Waals surface area (Å²) in [6.07, 6.45) is -3.89. The molecule has 3 amide bonds. The van der Waals surface area contributed by atoms with Gasteiger partial charge in [0.05, 0.1) is 5.92 Å². The van der Waals surface area contributed by atoms with Crippen LogP contribution >= 0.6 is 0 Å². The minimum Gasteiger partial charge on any atom is -0.475 e. The molecule has 0 spiro atoms. The summed E-state index contributed by atoms with van der Waals surface area (Å²) in [7, 11) is 0. The van der Waals surface area contributed by atoms with Crippen LogP contribution in [0.2, 0.25) is 0 Å². The predicted octanol–water partition coefficient (Wildman–Crippen LogP) is 1.68. The minimum absolute atomic E-state index is 0.0424. The Kier molecular flexibility index (Phi) is 15.2. The molecule has 0 heterocycles. The average molecular weight is 685 g/mol. The highest BCUT2D eigenvalue weighted by molar-refractivity contribution is 5.95. The van der Waals surface area contributed by atoms with Gasteiger partial charge in [-0.05, 0) is 36.0 Å². The Bertz CT molecular complexity index is 1580. The molecular formula is C33H39F3N8O5. The summed E-state index contributed by atoms with van der Waals surface area (Å²) in [4.78, 5) is 52.3. The van der Waals surface area contributed by atoms with Gasteiger partial charge in [-0.2, -0.15) is 13.2 Å². The Labute approximate surface area is 280 Å². The third kappa shape index (κ3) is 14.2. The van der Waals surface area contributed by atoms with Gasteiger partial charge in [0.15, 0.2) is 5.96 Å². The van der Waals surface area contributed by atoms with Crippen LogP contribution in [0, 0.1) is 5.41 Å². The number of alkyl halides is 3. The zero-order valence-electron chi connectivity index (χ0n) is 26.3. The number of carbonyl (C=O) groups is 4. The second-order valence-electron chi connectivity index (χ2n) is 10.7. The van der Waals surface area contributed by atoms with Crippen molar-refractivity contribution in [3.63, 3.8) is 0 Å². The predicted molar refractivity (Wildman–Crippen MR) is 177 cm³/mol. The molecule has 49 heavy (non-hydrogen) atoms. The Hall–Kier alpha value is -5.93. The SMILES string of the molecule is N=C(N)c1ccc(CC(C(=O)N[C@@H](Cc2ccccc2)C(=O)N[C@@H](CCCN=C(N)N)C(N)=O)c2ccccc2)cc1.O=C(O)C(F)(F)F. The van der Waals surface area contributed by atoms with E-state index in [1.54, 1.807) is 12.1 Å². The van der Waals surface area contributed by atoms with Gasteiger partial charge in [-0.25, -0.2) is 4.79 Å². The number of primary amides is 1. The van der Waals surface area contributed by atoms with Crippen molar-refractivity contribution in [2.75, 3.05) is 6.54 Å². The fourth-order valence-electron chi connectivity index (χ4n) is 4.50. The topological polar surface area (TPSA) is 253 Å². The molecule has 0 aliphatic heterocycles. The summed E-state index contributed by atoms with van der Waals surface area (Å²) in [5.74, 6) is -5.07. The molecule has 0 fully saturated rings. The van der Waals surface area contributed by atoms with Gasteiger partial charge in [-0.3, -0.25) is 24.8 Å². The van der Waals surface area contributed by atoms with E-state index in [-0.39, 0.29) is 37.1 Å². The molecule has 3 atom stereocenters. The van der Waals surface area contributed by atoms with Crippen LogP contribution in [0.4, 0.5) is 13.2 Å². The number of hydrogen-bond acceptors (Lipinski definition) is 6. The second kappa shape index (κ2) is 19.0. The number of nitrogens with one attached hydrogen (secondary N) is 3. The van der Waals surface area contributed by atoms with Crippen molar-refractivity contribution in [1.29, 1.82) is 5.41 Å². The third-order valence-corrected chi connectivity index (χ3v) is 6.99. The highest BCUT2D eigenvalue weighted by Gasteiger charge is 2.38. The first-order chi connectivity index (χ1) is 23.1. The van der Waals surface area contributed by atoms with Gasteiger partial charge >= 0.3 is 12.1 Å². The van der Waals surface area contributed by atoms with Crippen molar-refractivity contribution in [1.82, 2.24) is 10.6 Å². The molecule has 12 N–H and O–H groups in total. The van der Waals surface area contributed by atoms with Gasteiger partial charge in [0.25, 0.3) is 0 Å². The Morgan fingerprint density at radius 3 is 1.76 bits per heavy atom. The van der Waals surface area contributed by atoms with E-state index < -0.39 is 42.0 Å². The van der Waals surface area contributed by atoms with Gasteiger partial charge in [-0.15, -0.1) is 0 Å². The van der Waals surface area contributed by atoms with Crippen LogP contribution in [0.5, 0.6) is 0 Å². The Morgan fingerprint density at radius 1 is 0.755 bits per heavy atom. The van der Waals surface area contributed by atoms with E-state index >= 15 is 0 Å². The number of hydrogen-bond donors (Lipinski definition) is 8. The van der Waals surface area contributed by atoms with Crippen LogP contribution in [0.15, 0.2) is 89.9 Å². The van der Waals surface area contributed by atoms with Crippen LogP contribution in [-0.4, -0.2) is 65.4 Å². The lowest BCUT2D eigenvalue weighted by Crippen LogP contribution is -2.54. The maximum atomic E-state index is 13.8. The number of halogens is 3. The molecule has 0 aliphatic rings. The number of nitrogen functional groups attached to an aromatic ring is 1. The number of guanidine groups is 1. The Morgan fingerprint density at radius 2 is 1.27 bits per heavy atom. The number of nitrogens with two attached hydrogens (primary N) is 4. The van der Waals surface area contributed by atoms with Gasteiger partial charge < -0.3 is 38.7 Å². The molecule has 0 saturated carbocycles. The van der Waals surface area contributed by atoms with Crippen molar-refractivity contribution in [2.45, 2.75) is 49.9 Å². The molecule has 0 aromatic heterocycles. The fourth-order valence-corrected chi connectivity index (χ4v) is 4.50. The number of carboxylic acids is 1. The lowest BCUT2D eigenvalue weighted by atomic mass is 9.90. The summed E-state index contributed by atoms with van der Waals surface area (Å²) in [5.41, 5.74) is 24.9. The zero-order valence-corrected chi connectivity index (χ0v) is 26.3. The van der Waals surface area contributed by atoms with Crippen molar-refractivity contribution in [3.05, 3.63) is 107 Å². The smallest absolute Gasteiger partial charge is 0.475 e. The van der Waals surface area contributed by atoms with E-state index in [4.69, 9.17) is 38.2 Å². The number of benzene rings is 3. The van der Waals surface area contributed by atoms with Crippen LogP contribution in [0.25, 0.3) is 0 Å². The molecule has 16 heteroatoms. The number of nitrogens with zero attached hydrogens (tertiary/aromatic N) is 1. The van der Waals surface area contributed by atoms with Crippen molar-refractivity contribution in [3.8, 4) is 0 Å². The van der Waals surface area contributed by atoms with E-state index in [9.17, 15) is 27.6 Å². The highest BCUT2D eigenvalue weighted by Crippen LogP contribution is 2.22. The fraction of sp³-hybridized carbons (Fsp3) is 0.273. The summed E-state index contributed by atoms with van der Waals surface area (Å²) < 4.78 is 31.7. The maximum Gasteiger partial charge on any atom is 0.490 e. The maximum absolute atomic E-state index is 13.8. The zero-order chi connectivity index (χ0) is 36.6. The standard InChI is InChI=1S/C31H38N8O3.C2HF3O2/c32-27(33)23-15-13-21(14-16-23)18-24(22-10-5-2-6-11-22)29(41)39-26(19-20-8-3-1-4-9-20)30(42)38-25(28(34)40)12-7-17-37-31(35)36;3-2(4,5)1(6)7/h1-6,8-11,13-16,24-26H,7,12,17-19H2,(H3,32,33)(H2,34,40)(H,38,42)(H,39,41)(H4,35,36,37);(H,6,7)/t24?,25-,26-;/m0./s1. The highest BCUT2D eigenvalue weighted by atomic mass is 19.4. The largest absolute Gasteiger partial charge is 0.490 e. The van der Waals surface area contributed by atoms with Gasteiger partial charge in [0.2, 0.25) is 17.7 Å². The summed E-state index contributed by atoms with van der Waals surface area (Å²) in [6.45, 7) is 0.276. The number of rotatable bonds is 15. The second-order valence-corrected chi connectivity index (χ2v) is 10.7. The van der Waals surface area contributed by atoms with E-state index in [2.05, 4.69) is 15.6 Å². The molecule has 262 valence electrons. The number of aliphatic imine (C=N–C) groups is 1. The lowest BCUT2D eigenvalue weighted by Gasteiger charge is -2.25. The first-order valence-electron chi connectivity index (χ1n) is 14.9. The number of carbonyl (C=O) groups excluding carboxylic acids is 3. The van der Waals surface area contributed by atoms with E-state index in [1.807, 2.05) is 72.8 Å². The molecule has 3 aromatic carbocycles. The normalized spacial score (nSPS) is 12.6. The Balaban J connectivity index is 0.00000107. The summed E-state index contributed by atoms with van der Waals surface area (Å²) in [6, 6.07) is 23.7. The molecule has 0 saturated heterocycles. The molecule has 13 nitrogen and oxygen atoms in total. The summed E-state index contributed by atoms with van der Waals surface area (Å²) in [5, 5.41) is 20.4. The van der Waals surface area contributed by atoms with Crippen LogP contribution < -0.4 is 33.6 Å². The van der Waals surface area contributed by atoms with Gasteiger partial charge in [0, 0.05) is 18.5 Å². The quantitative estimate of drug-likeness (QED) is 0.0662. The van der Waals surface area contributed by atoms with Crippen LogP contribution in [0.3, 0.4) is 0 Å². The number of amides is 3. The minimum atomic E-state index is -5.08. The van der Waals surface area contributed by atoms with Gasteiger partial charge in [-0.1, -0.05) is 84.9 Å². The molecule has 1 unspecified atom stereocenters. The van der Waals surface area contributed by atoms with E-state index in [1.165, 1.54) is 0 Å². The summed E-state index contributed by atoms with van der Waals surface area (Å²) >= 11 is 0. The molecule has 0 radical (unpaired) electrons. The lowest BCUT2D eigenvalue weighted by molar-refractivity contribution is -0.192. The van der Waals surface area contributed by atoms with Crippen LogP contribution in [0.1, 0.15) is 41.0 Å². The molecule has 0 aliphatic carbocycles. The number of amidine groups is 1. The molecular weight excluding hydrogens is 645 g/mol. The van der Waals surface area contributed by atoms with Gasteiger partial charge in [0.1, 0.15) is 17.9 Å². The third-order valence-electron chi connectivity index (χ3n) is 6.99. The van der Waals surface area contributed by atoms with Crippen molar-refractivity contribution >= 4 is 35.5 Å². The monoisotopic (exact) mass is 684 g/mol. The first-order valence-corrected chi connectivity index (χ1v) is 14.9. The van der Waals surface area contributed by atoms with E-state index in [0.29, 0.717) is 18.4 Å².